The zero-order valence-electron chi connectivity index (χ0n) is 3.11. The number of hydrogen-bond donors (Lipinski definition) is 0. The van der Waals surface area contributed by atoms with Crippen molar-refractivity contribution >= 4 is 9.24 Å². The van der Waals surface area contributed by atoms with E-state index < -0.39 is 0 Å². The van der Waals surface area contributed by atoms with Crippen LogP contribution in [0.1, 0.15) is 6.42 Å². The molecular formula is C3H8PW-. The van der Waals surface area contributed by atoms with Gasteiger partial charge >= 0.3 is 0 Å². The van der Waals surface area contributed by atoms with Gasteiger partial charge in [-0.25, -0.2) is 0 Å². The standard InChI is InChI=1S/C3H8P.W/c1-2-3-4;/h1-4H2;/q-1;. The molecule has 0 aromatic rings. The molecule has 0 bridgehead atoms. The molecule has 0 aliphatic heterocycles. The van der Waals surface area contributed by atoms with E-state index in [4.69, 9.17) is 0 Å². The van der Waals surface area contributed by atoms with Gasteiger partial charge in [-0.1, -0.05) is 6.16 Å². The second kappa shape index (κ2) is 8.93. The summed E-state index contributed by atoms with van der Waals surface area (Å²) in [7, 11) is 2.59. The molecule has 0 saturated heterocycles. The smallest absolute Gasteiger partial charge is 0 e. The fourth-order valence-electron chi connectivity index (χ4n) is 0. The maximum atomic E-state index is 3.58. The van der Waals surface area contributed by atoms with E-state index >= 15 is 0 Å². The summed E-state index contributed by atoms with van der Waals surface area (Å²) in [6.07, 6.45) is 2.16. The third-order valence-corrected chi connectivity index (χ3v) is 0.612. The second-order valence-corrected chi connectivity index (χ2v) is 1.22. The summed E-state index contributed by atoms with van der Waals surface area (Å²) >= 11 is 0. The normalized spacial score (nSPS) is 6.00. The number of hydrogen-bond acceptors (Lipinski definition) is 0. The van der Waals surface area contributed by atoms with Crippen LogP contribution in [0.3, 0.4) is 0 Å². The van der Waals surface area contributed by atoms with Crippen molar-refractivity contribution in [2.24, 2.45) is 0 Å². The molecule has 2 heteroatoms. The van der Waals surface area contributed by atoms with Crippen molar-refractivity contribution in [1.82, 2.24) is 0 Å². The summed E-state index contributed by atoms with van der Waals surface area (Å²) in [4.78, 5) is 0. The molecule has 0 radical (unpaired) electrons. The first-order valence-electron chi connectivity index (χ1n) is 1.41. The zero-order valence-corrected chi connectivity index (χ0v) is 7.20. The molecule has 0 rings (SSSR count). The molecule has 0 N–H and O–H groups in total. The Morgan fingerprint density at radius 3 is 1.80 bits per heavy atom. The predicted octanol–water partition coefficient (Wildman–Crippen LogP) is 1.08. The first kappa shape index (κ1) is 9.45. The van der Waals surface area contributed by atoms with Gasteiger partial charge in [-0.2, -0.15) is 6.42 Å². The van der Waals surface area contributed by atoms with Crippen LogP contribution in [0.25, 0.3) is 0 Å². The minimum Gasteiger partial charge on any atom is -0.343 e. The minimum atomic E-state index is 0. The summed E-state index contributed by atoms with van der Waals surface area (Å²) in [5, 5.41) is 0. The van der Waals surface area contributed by atoms with Gasteiger partial charge in [0.1, 0.15) is 0 Å². The molecule has 0 heterocycles. The zero-order chi connectivity index (χ0) is 3.41. The Kier molecular flexibility index (Phi) is 16.9. The summed E-state index contributed by atoms with van der Waals surface area (Å²) in [6, 6.07) is 0. The van der Waals surface area contributed by atoms with Crippen LogP contribution in [0.15, 0.2) is 0 Å². The van der Waals surface area contributed by atoms with Crippen LogP contribution in [-0.4, -0.2) is 6.16 Å². The van der Waals surface area contributed by atoms with Crippen LogP contribution < -0.4 is 0 Å². The Morgan fingerprint density at radius 1 is 1.60 bits per heavy atom. The molecule has 0 aromatic heterocycles. The summed E-state index contributed by atoms with van der Waals surface area (Å²) in [5.74, 6) is 0. The van der Waals surface area contributed by atoms with Crippen molar-refractivity contribution in [3.8, 4) is 0 Å². The van der Waals surface area contributed by atoms with Crippen LogP contribution >= 0.6 is 9.24 Å². The van der Waals surface area contributed by atoms with Crippen molar-refractivity contribution < 1.29 is 21.1 Å². The molecule has 0 spiro atoms. The van der Waals surface area contributed by atoms with Crippen LogP contribution in [0.4, 0.5) is 0 Å². The van der Waals surface area contributed by atoms with E-state index in [9.17, 15) is 0 Å². The van der Waals surface area contributed by atoms with E-state index in [2.05, 4.69) is 16.2 Å². The molecule has 0 fully saturated rings. The molecule has 1 atom stereocenters. The van der Waals surface area contributed by atoms with E-state index in [-0.39, 0.29) is 21.1 Å². The maximum absolute atomic E-state index is 3.58. The van der Waals surface area contributed by atoms with Crippen molar-refractivity contribution in [2.75, 3.05) is 6.16 Å². The Morgan fingerprint density at radius 2 is 1.80 bits per heavy atom. The van der Waals surface area contributed by atoms with Gasteiger partial charge in [-0.05, 0) is 0 Å². The third-order valence-electron chi connectivity index (χ3n) is 0.204. The predicted molar refractivity (Wildman–Crippen MR) is 24.6 cm³/mol. The second-order valence-electron chi connectivity index (χ2n) is 0.642. The molecular weight excluding hydrogens is 251 g/mol. The topological polar surface area (TPSA) is 0 Å². The van der Waals surface area contributed by atoms with E-state index in [1.54, 1.807) is 0 Å². The van der Waals surface area contributed by atoms with Crippen LogP contribution in [0, 0.1) is 6.92 Å². The molecule has 0 saturated carbocycles. The summed E-state index contributed by atoms with van der Waals surface area (Å²) in [6.45, 7) is 3.58. The third kappa shape index (κ3) is 11.1. The van der Waals surface area contributed by atoms with Crippen molar-refractivity contribution in [3.63, 3.8) is 0 Å². The molecule has 5 heavy (non-hydrogen) atoms. The monoisotopic (exact) mass is 259 g/mol. The van der Waals surface area contributed by atoms with Crippen LogP contribution in [0.5, 0.6) is 0 Å². The summed E-state index contributed by atoms with van der Waals surface area (Å²) < 4.78 is 0. The molecule has 0 amide bonds. The summed E-state index contributed by atoms with van der Waals surface area (Å²) in [5.41, 5.74) is 0. The first-order chi connectivity index (χ1) is 1.91. The van der Waals surface area contributed by atoms with E-state index in [1.165, 1.54) is 0 Å². The van der Waals surface area contributed by atoms with Crippen LogP contribution in [-0.2, 0) is 21.1 Å². The van der Waals surface area contributed by atoms with Gasteiger partial charge in [0.15, 0.2) is 0 Å². The quantitative estimate of drug-likeness (QED) is 0.488. The number of rotatable bonds is 1. The largest absolute Gasteiger partial charge is 0.343 e. The Labute approximate surface area is 50.2 Å². The van der Waals surface area contributed by atoms with Gasteiger partial charge in [0.25, 0.3) is 0 Å². The van der Waals surface area contributed by atoms with Gasteiger partial charge in [0.2, 0.25) is 0 Å². The molecule has 1 unspecified atom stereocenters. The Hall–Kier alpha value is 1.12. The average molecular weight is 259 g/mol. The van der Waals surface area contributed by atoms with E-state index in [0.717, 1.165) is 12.6 Å². The molecule has 0 aromatic carbocycles. The molecule has 32 valence electrons. The van der Waals surface area contributed by atoms with Gasteiger partial charge < -0.3 is 6.92 Å². The van der Waals surface area contributed by atoms with Crippen molar-refractivity contribution in [2.45, 2.75) is 6.42 Å². The van der Waals surface area contributed by atoms with Gasteiger partial charge in [0, 0.05) is 21.1 Å². The van der Waals surface area contributed by atoms with Crippen LogP contribution in [0.2, 0.25) is 0 Å². The van der Waals surface area contributed by atoms with E-state index in [0.29, 0.717) is 0 Å². The molecule has 0 aliphatic carbocycles. The van der Waals surface area contributed by atoms with Crippen molar-refractivity contribution in [1.29, 1.82) is 0 Å². The fraction of sp³-hybridized carbons (Fsp3) is 0.667. The van der Waals surface area contributed by atoms with E-state index in [1.807, 2.05) is 0 Å². The fourth-order valence-corrected chi connectivity index (χ4v) is 0. The van der Waals surface area contributed by atoms with Gasteiger partial charge in [-0.3, -0.25) is 0 Å². The van der Waals surface area contributed by atoms with Gasteiger partial charge in [-0.15, -0.1) is 9.24 Å². The first-order valence-corrected chi connectivity index (χ1v) is 2.22. The molecule has 0 aliphatic rings. The Balaban J connectivity index is 0. The Bertz CT molecular complexity index is 8.85. The maximum Gasteiger partial charge on any atom is 0 e. The average Bonchev–Trinajstić information content (AvgIpc) is 1.37. The minimum absolute atomic E-state index is 0. The van der Waals surface area contributed by atoms with Crippen molar-refractivity contribution in [3.05, 3.63) is 6.92 Å². The SMILES string of the molecule is [CH2-]CCP.[W]. The van der Waals surface area contributed by atoms with Gasteiger partial charge in [0.05, 0.1) is 0 Å². The molecule has 0 nitrogen and oxygen atoms in total.